The third-order valence-corrected chi connectivity index (χ3v) is 12.1. The predicted octanol–water partition coefficient (Wildman–Crippen LogP) is 6.93. The molecule has 338 valence electrons. The molecule has 1 amide bonds. The highest BCUT2D eigenvalue weighted by atomic mass is 35.5. The zero-order valence-electron chi connectivity index (χ0n) is 33.0. The fraction of sp³-hybridized carbons (Fsp3) is 0.385. The molecule has 0 spiro atoms. The number of ether oxygens (including phenoxy) is 1. The van der Waals surface area contributed by atoms with E-state index < -0.39 is 117 Å². The molecule has 0 radical (unpaired) electrons. The van der Waals surface area contributed by atoms with Crippen molar-refractivity contribution in [3.05, 3.63) is 97.8 Å². The lowest BCUT2D eigenvalue weighted by atomic mass is 10.0. The van der Waals surface area contributed by atoms with Crippen LogP contribution in [0.4, 0.5) is 45.3 Å². The molecule has 2 aromatic carbocycles. The van der Waals surface area contributed by atoms with Crippen LogP contribution in [0, 0.1) is 17.6 Å². The van der Waals surface area contributed by atoms with Crippen LogP contribution in [-0.4, -0.2) is 73.4 Å². The maximum Gasteiger partial charge on any atom is 0.456 e. The Labute approximate surface area is 359 Å². The standard InChI is InChI=1S/C39H31ClF9N9O5S/c1-56-31-25(7-6-23(40)29(31)34(54-56)55-64(2,61)62)58-35(52-33-20(36(58)60)5-8-27(51-33)63-15-37(43,44)39(47,48)49)24(11-16-9-18(41)12-19(42)10-16)50-26(59)14-57-32-28(30(53-57)17-3-4-17)21-13-22(21)38(32,45)46/h5-10,12,17,21-22,24H,3-4,11,13-15H2,1-2H3,(H,50,59)(H,54,55)/t21-,22+,24?/m0/s1. The number of hydrogen-bond donors (Lipinski definition) is 2. The van der Waals surface area contributed by atoms with Gasteiger partial charge in [0.2, 0.25) is 21.8 Å². The number of amides is 1. The third kappa shape index (κ3) is 7.66. The van der Waals surface area contributed by atoms with Crippen LogP contribution in [0.5, 0.6) is 5.88 Å². The van der Waals surface area contributed by atoms with E-state index in [4.69, 9.17) is 16.3 Å². The summed E-state index contributed by atoms with van der Waals surface area (Å²) in [5.74, 6) is -14.8. The molecule has 2 saturated carbocycles. The maximum atomic E-state index is 15.7. The van der Waals surface area contributed by atoms with Gasteiger partial charge in [0.15, 0.2) is 18.1 Å². The molecule has 3 aliphatic rings. The van der Waals surface area contributed by atoms with Gasteiger partial charge >= 0.3 is 12.1 Å². The zero-order valence-corrected chi connectivity index (χ0v) is 34.5. The topological polar surface area (TPSA) is 168 Å². The number of hydrogen-bond acceptors (Lipinski definition) is 9. The number of anilines is 1. The summed E-state index contributed by atoms with van der Waals surface area (Å²) in [6.07, 6.45) is -4.03. The van der Waals surface area contributed by atoms with Crippen LogP contribution in [-0.2, 0) is 40.8 Å². The fourth-order valence-corrected chi connectivity index (χ4v) is 9.00. The van der Waals surface area contributed by atoms with Crippen LogP contribution in [0.1, 0.15) is 65.5 Å². The number of aromatic nitrogens is 7. The number of carbonyl (C=O) groups is 1. The number of benzene rings is 2. The summed E-state index contributed by atoms with van der Waals surface area (Å²) in [4.78, 5) is 37.4. The van der Waals surface area contributed by atoms with Crippen LogP contribution in [0.3, 0.4) is 0 Å². The van der Waals surface area contributed by atoms with Crippen molar-refractivity contribution in [2.75, 3.05) is 17.6 Å². The summed E-state index contributed by atoms with van der Waals surface area (Å²) in [5, 5.41) is 10.8. The van der Waals surface area contributed by atoms with Gasteiger partial charge in [-0.3, -0.25) is 28.2 Å². The maximum absolute atomic E-state index is 15.7. The summed E-state index contributed by atoms with van der Waals surface area (Å²) in [6, 6.07) is 5.03. The Kier molecular flexibility index (Phi) is 10.0. The Morgan fingerprint density at radius 2 is 1.73 bits per heavy atom. The molecule has 25 heteroatoms. The van der Waals surface area contributed by atoms with E-state index in [9.17, 15) is 48.7 Å². The highest BCUT2D eigenvalue weighted by molar-refractivity contribution is 7.92. The normalized spacial score (nSPS) is 18.6. The minimum atomic E-state index is -6.00. The number of nitrogens with one attached hydrogen (secondary N) is 2. The molecule has 6 aromatic rings. The number of aryl methyl sites for hydroxylation is 1. The first-order valence-corrected chi connectivity index (χ1v) is 21.6. The van der Waals surface area contributed by atoms with Gasteiger partial charge in [-0.2, -0.15) is 45.9 Å². The highest BCUT2D eigenvalue weighted by Crippen LogP contribution is 2.69. The number of rotatable bonds is 13. The second kappa shape index (κ2) is 14.8. The van der Waals surface area contributed by atoms with Gasteiger partial charge in [0, 0.05) is 43.0 Å². The van der Waals surface area contributed by atoms with Gasteiger partial charge in [0.1, 0.15) is 29.7 Å². The smallest absolute Gasteiger partial charge is 0.456 e. The SMILES string of the molecule is Cn1nc(NS(C)(=O)=O)c2c(Cl)ccc(-n3c(C(Cc4cc(F)cc(F)c4)NC(=O)Cn4nc(C5CC5)c5c4C(F)(F)[C@@H]4C[C@H]54)nc4nc(OCC(F)(F)C(F)(F)F)ccc4c3=O)c21. The molecule has 4 aromatic heterocycles. The van der Waals surface area contributed by atoms with Gasteiger partial charge in [-0.15, -0.1) is 0 Å². The minimum absolute atomic E-state index is 0.0205. The molecular formula is C39H31ClF9N9O5S. The summed E-state index contributed by atoms with van der Waals surface area (Å²) in [5.41, 5.74) is -1.47. The largest absolute Gasteiger partial charge is 0.471 e. The zero-order chi connectivity index (χ0) is 46.0. The number of sulfonamides is 1. The quantitative estimate of drug-likeness (QED) is 0.117. The van der Waals surface area contributed by atoms with E-state index in [1.54, 1.807) is 0 Å². The van der Waals surface area contributed by atoms with Crippen molar-refractivity contribution in [3.63, 3.8) is 0 Å². The Morgan fingerprint density at radius 3 is 2.39 bits per heavy atom. The number of halogens is 10. The number of carbonyl (C=O) groups excluding carboxylic acids is 1. The Balaban J connectivity index is 1.22. The van der Waals surface area contributed by atoms with Gasteiger partial charge in [-0.05, 0) is 61.1 Å². The lowest BCUT2D eigenvalue weighted by Gasteiger charge is -2.24. The fourth-order valence-electron chi connectivity index (χ4n) is 8.27. The number of pyridine rings is 1. The van der Waals surface area contributed by atoms with Crippen molar-refractivity contribution in [1.29, 1.82) is 0 Å². The van der Waals surface area contributed by atoms with Crippen molar-refractivity contribution in [2.24, 2.45) is 13.0 Å². The minimum Gasteiger partial charge on any atom is -0.471 e. The van der Waals surface area contributed by atoms with Crippen molar-refractivity contribution < 1.29 is 57.5 Å². The van der Waals surface area contributed by atoms with Gasteiger partial charge < -0.3 is 10.1 Å². The number of nitrogens with zero attached hydrogens (tertiary/aromatic N) is 7. The van der Waals surface area contributed by atoms with Crippen LogP contribution in [0.25, 0.3) is 27.6 Å². The average molecular weight is 944 g/mol. The molecule has 3 atom stereocenters. The van der Waals surface area contributed by atoms with E-state index >= 15 is 8.78 Å². The molecule has 0 aliphatic heterocycles. The highest BCUT2D eigenvalue weighted by Gasteiger charge is 2.67. The molecule has 64 heavy (non-hydrogen) atoms. The first-order valence-electron chi connectivity index (χ1n) is 19.3. The van der Waals surface area contributed by atoms with Crippen LogP contribution in [0.2, 0.25) is 5.02 Å². The molecule has 1 unspecified atom stereocenters. The number of fused-ring (bicyclic) bond motifs is 5. The Hall–Kier alpha value is -5.91. The molecular weight excluding hydrogens is 913 g/mol. The first kappa shape index (κ1) is 43.3. The molecule has 9 rings (SSSR count). The second-order valence-electron chi connectivity index (χ2n) is 16.0. The summed E-state index contributed by atoms with van der Waals surface area (Å²) < 4.78 is 162. The van der Waals surface area contributed by atoms with Gasteiger partial charge in [0.05, 0.1) is 45.0 Å². The third-order valence-electron chi connectivity index (χ3n) is 11.2. The Bertz CT molecular complexity index is 3100. The average Bonchev–Trinajstić information content (AvgIpc) is 4.10. The molecule has 3 aliphatic carbocycles. The van der Waals surface area contributed by atoms with E-state index in [2.05, 4.69) is 30.2 Å². The van der Waals surface area contributed by atoms with Crippen LogP contribution in [0.15, 0.2) is 47.3 Å². The summed E-state index contributed by atoms with van der Waals surface area (Å²) in [6.45, 7) is -3.01. The van der Waals surface area contributed by atoms with E-state index in [1.165, 1.54) is 19.2 Å². The molecule has 4 heterocycles. The van der Waals surface area contributed by atoms with E-state index in [-0.39, 0.29) is 45.3 Å². The van der Waals surface area contributed by atoms with E-state index in [0.717, 1.165) is 57.3 Å². The predicted molar refractivity (Wildman–Crippen MR) is 209 cm³/mol. The summed E-state index contributed by atoms with van der Waals surface area (Å²) in [7, 11) is -2.62. The van der Waals surface area contributed by atoms with Gasteiger partial charge in [-0.25, -0.2) is 22.2 Å². The van der Waals surface area contributed by atoms with Gasteiger partial charge in [-0.1, -0.05) is 11.6 Å². The van der Waals surface area contributed by atoms with E-state index in [1.807, 2.05) is 0 Å². The summed E-state index contributed by atoms with van der Waals surface area (Å²) >= 11 is 6.56. The van der Waals surface area contributed by atoms with Crippen molar-refractivity contribution in [1.82, 2.24) is 39.4 Å². The molecule has 0 saturated heterocycles. The van der Waals surface area contributed by atoms with Crippen molar-refractivity contribution >= 4 is 55.3 Å². The molecule has 14 nitrogen and oxygen atoms in total. The lowest BCUT2D eigenvalue weighted by molar-refractivity contribution is -0.290. The van der Waals surface area contributed by atoms with Crippen LogP contribution < -0.4 is 20.3 Å². The van der Waals surface area contributed by atoms with Crippen LogP contribution >= 0.6 is 11.6 Å². The monoisotopic (exact) mass is 943 g/mol. The molecule has 2 fully saturated rings. The molecule has 2 N–H and O–H groups in total. The lowest BCUT2D eigenvalue weighted by Crippen LogP contribution is -2.41. The first-order chi connectivity index (χ1) is 29.9. The van der Waals surface area contributed by atoms with E-state index in [0.29, 0.717) is 17.3 Å². The van der Waals surface area contributed by atoms with Crippen molar-refractivity contribution in [2.45, 2.75) is 68.1 Å². The second-order valence-corrected chi connectivity index (χ2v) is 18.2. The number of alkyl halides is 7. The Morgan fingerprint density at radius 1 is 1.03 bits per heavy atom. The van der Waals surface area contributed by atoms with Crippen molar-refractivity contribution in [3.8, 4) is 11.6 Å². The van der Waals surface area contributed by atoms with Gasteiger partial charge in [0.25, 0.3) is 11.5 Å². The molecule has 0 bridgehead atoms.